The third kappa shape index (κ3) is 5.61. The fourth-order valence-electron chi connectivity index (χ4n) is 4.76. The van der Waals surface area contributed by atoms with E-state index in [0.717, 1.165) is 5.56 Å². The molecule has 1 aromatic heterocycles. The lowest BCUT2D eigenvalue weighted by Gasteiger charge is -2.25. The second-order valence-corrected chi connectivity index (χ2v) is 10.4. The number of carboxylic acids is 1. The van der Waals surface area contributed by atoms with Crippen LogP contribution >= 0.6 is 11.3 Å². The molecule has 1 unspecified atom stereocenters. The summed E-state index contributed by atoms with van der Waals surface area (Å²) in [5.74, 6) is -0.454. The van der Waals surface area contributed by atoms with Crippen LogP contribution in [0.1, 0.15) is 46.9 Å². The molecule has 42 heavy (non-hydrogen) atoms. The third-order valence-electron chi connectivity index (χ3n) is 6.75. The maximum absolute atomic E-state index is 14.0. The number of allylic oxidation sites excluding steroid dienone is 1. The third-order valence-corrected chi connectivity index (χ3v) is 7.73. The smallest absolute Gasteiger partial charge is 0.338 e. The Balaban J connectivity index is 1.57. The van der Waals surface area contributed by atoms with Crippen molar-refractivity contribution in [1.82, 2.24) is 4.57 Å². The molecule has 0 fully saturated rings. The Morgan fingerprint density at radius 2 is 1.71 bits per heavy atom. The molecule has 0 bridgehead atoms. The molecule has 9 nitrogen and oxygen atoms in total. The Hall–Kier alpha value is -4.96. The minimum absolute atomic E-state index is 0.180. The zero-order valence-corrected chi connectivity index (χ0v) is 24.0. The average Bonchev–Trinajstić information content (AvgIpc) is 3.30. The number of nitrogens with zero attached hydrogens (tertiary/aromatic N) is 2. The summed E-state index contributed by atoms with van der Waals surface area (Å²) in [7, 11) is 1.54. The molecule has 0 saturated carbocycles. The van der Waals surface area contributed by atoms with Crippen LogP contribution in [0, 0.1) is 0 Å². The van der Waals surface area contributed by atoms with Gasteiger partial charge in [0.1, 0.15) is 24.1 Å². The van der Waals surface area contributed by atoms with Gasteiger partial charge in [0.15, 0.2) is 4.80 Å². The second-order valence-electron chi connectivity index (χ2n) is 9.37. The number of para-hydroxylation sites is 2. The quantitative estimate of drug-likeness (QED) is 0.295. The van der Waals surface area contributed by atoms with Crippen molar-refractivity contribution in [2.45, 2.75) is 26.5 Å². The van der Waals surface area contributed by atoms with Gasteiger partial charge in [-0.25, -0.2) is 14.6 Å². The summed E-state index contributed by atoms with van der Waals surface area (Å²) in [6, 6.07) is 20.2. The molecule has 1 aliphatic rings. The molecule has 1 N–H and O–H groups in total. The first-order valence-corrected chi connectivity index (χ1v) is 14.0. The standard InChI is InChI=1S/C32H28N2O7S/c1-4-40-31(38)27-19(2)33-32-34(28(27)23-10-6-8-12-25(23)39-3)29(35)26(42-32)17-22-9-5-7-11-24(22)41-18-20-13-15-21(16-14-20)30(36)37/h5-17,28H,4,18H2,1-3H3,(H,36,37). The zero-order valence-electron chi connectivity index (χ0n) is 23.2. The Bertz CT molecular complexity index is 1870. The van der Waals surface area contributed by atoms with E-state index in [4.69, 9.17) is 19.3 Å². The Labute approximate surface area is 245 Å². The summed E-state index contributed by atoms with van der Waals surface area (Å²) in [5.41, 5.74) is 2.74. The average molecular weight is 585 g/mol. The molecule has 0 radical (unpaired) electrons. The topological polar surface area (TPSA) is 116 Å². The predicted octanol–water partition coefficient (Wildman–Crippen LogP) is 4.08. The number of carbonyl (C=O) groups is 2. The number of aromatic carboxylic acids is 1. The minimum Gasteiger partial charge on any atom is -0.496 e. The minimum atomic E-state index is -0.994. The van der Waals surface area contributed by atoms with Crippen molar-refractivity contribution in [3.63, 3.8) is 0 Å². The summed E-state index contributed by atoms with van der Waals surface area (Å²) in [6.45, 7) is 3.85. The molecule has 4 aromatic rings. The first kappa shape index (κ1) is 28.6. The van der Waals surface area contributed by atoms with E-state index in [9.17, 15) is 14.4 Å². The van der Waals surface area contributed by atoms with Gasteiger partial charge in [0.05, 0.1) is 35.1 Å². The van der Waals surface area contributed by atoms with Crippen LogP contribution < -0.4 is 24.4 Å². The maximum Gasteiger partial charge on any atom is 0.338 e. The fourth-order valence-corrected chi connectivity index (χ4v) is 5.79. The van der Waals surface area contributed by atoms with E-state index in [1.165, 1.54) is 28.0 Å². The number of carbonyl (C=O) groups excluding carboxylic acids is 1. The van der Waals surface area contributed by atoms with Crippen molar-refractivity contribution < 1.29 is 28.9 Å². The molecule has 214 valence electrons. The SMILES string of the molecule is CCOC(=O)C1=C(C)N=c2sc(=Cc3ccccc3OCc3ccc(C(=O)O)cc3)c(=O)n2C1c1ccccc1OC. The van der Waals surface area contributed by atoms with Crippen molar-refractivity contribution >= 4 is 29.4 Å². The monoisotopic (exact) mass is 584 g/mol. The highest BCUT2D eigenvalue weighted by molar-refractivity contribution is 7.07. The van der Waals surface area contributed by atoms with Gasteiger partial charge in [-0.1, -0.05) is 59.9 Å². The number of carboxylic acid groups (broad SMARTS) is 1. The fraction of sp³-hybridized carbons (Fsp3) is 0.188. The van der Waals surface area contributed by atoms with Gasteiger partial charge in [-0.05, 0) is 49.8 Å². The number of thiazole rings is 1. The van der Waals surface area contributed by atoms with Crippen LogP contribution in [0.3, 0.4) is 0 Å². The summed E-state index contributed by atoms with van der Waals surface area (Å²) in [5, 5.41) is 9.13. The van der Waals surface area contributed by atoms with Crippen LogP contribution in [-0.4, -0.2) is 35.3 Å². The largest absolute Gasteiger partial charge is 0.496 e. The number of rotatable bonds is 9. The van der Waals surface area contributed by atoms with E-state index in [-0.39, 0.29) is 29.9 Å². The zero-order chi connectivity index (χ0) is 29.8. The molecule has 10 heteroatoms. The first-order chi connectivity index (χ1) is 20.3. The number of fused-ring (bicyclic) bond motifs is 1. The van der Waals surface area contributed by atoms with Gasteiger partial charge in [-0.2, -0.15) is 0 Å². The maximum atomic E-state index is 14.0. The Morgan fingerprint density at radius 3 is 2.40 bits per heavy atom. The van der Waals surface area contributed by atoms with Crippen LogP contribution in [0.4, 0.5) is 0 Å². The summed E-state index contributed by atoms with van der Waals surface area (Å²) >= 11 is 1.22. The molecular formula is C32H28N2O7S. The number of benzene rings is 3. The molecule has 0 spiro atoms. The van der Waals surface area contributed by atoms with E-state index in [0.29, 0.717) is 37.7 Å². The summed E-state index contributed by atoms with van der Waals surface area (Å²) < 4.78 is 19.0. The van der Waals surface area contributed by atoms with E-state index in [1.54, 1.807) is 51.3 Å². The van der Waals surface area contributed by atoms with E-state index >= 15 is 0 Å². The Kier molecular flexibility index (Phi) is 8.35. The van der Waals surface area contributed by atoms with Crippen molar-refractivity contribution in [3.05, 3.63) is 126 Å². The van der Waals surface area contributed by atoms with Gasteiger partial charge in [0, 0.05) is 11.1 Å². The van der Waals surface area contributed by atoms with Crippen LogP contribution in [-0.2, 0) is 16.1 Å². The number of aromatic nitrogens is 1. The van der Waals surface area contributed by atoms with E-state index < -0.39 is 18.0 Å². The van der Waals surface area contributed by atoms with Gasteiger partial charge in [0.2, 0.25) is 0 Å². The second kappa shape index (κ2) is 12.3. The van der Waals surface area contributed by atoms with Gasteiger partial charge < -0.3 is 19.3 Å². The summed E-state index contributed by atoms with van der Waals surface area (Å²) in [6.07, 6.45) is 1.75. The molecule has 2 heterocycles. The molecule has 1 aliphatic heterocycles. The molecule has 3 aromatic carbocycles. The number of hydrogen-bond acceptors (Lipinski definition) is 8. The molecule has 0 aliphatic carbocycles. The normalized spacial score (nSPS) is 14.6. The molecule has 1 atom stereocenters. The van der Waals surface area contributed by atoms with Crippen molar-refractivity contribution in [3.8, 4) is 11.5 Å². The van der Waals surface area contributed by atoms with Crippen molar-refractivity contribution in [2.24, 2.45) is 4.99 Å². The van der Waals surface area contributed by atoms with Crippen LogP contribution in [0.5, 0.6) is 11.5 Å². The number of ether oxygens (including phenoxy) is 3. The highest BCUT2D eigenvalue weighted by Crippen LogP contribution is 2.35. The van der Waals surface area contributed by atoms with E-state index in [1.807, 2.05) is 36.4 Å². The Morgan fingerprint density at radius 1 is 1.02 bits per heavy atom. The molecule has 0 amide bonds. The van der Waals surface area contributed by atoms with Crippen LogP contribution in [0.25, 0.3) is 6.08 Å². The van der Waals surface area contributed by atoms with Gasteiger partial charge >= 0.3 is 11.9 Å². The predicted molar refractivity (Wildman–Crippen MR) is 158 cm³/mol. The summed E-state index contributed by atoms with van der Waals surface area (Å²) in [4.78, 5) is 43.4. The van der Waals surface area contributed by atoms with Gasteiger partial charge in [-0.3, -0.25) is 9.36 Å². The van der Waals surface area contributed by atoms with E-state index in [2.05, 4.69) is 4.99 Å². The van der Waals surface area contributed by atoms with Crippen molar-refractivity contribution in [1.29, 1.82) is 0 Å². The molecular weight excluding hydrogens is 556 g/mol. The van der Waals surface area contributed by atoms with Crippen LogP contribution in [0.2, 0.25) is 0 Å². The lowest BCUT2D eigenvalue weighted by Crippen LogP contribution is -2.40. The van der Waals surface area contributed by atoms with Crippen molar-refractivity contribution in [2.75, 3.05) is 13.7 Å². The highest BCUT2D eigenvalue weighted by Gasteiger charge is 2.35. The molecule has 5 rings (SSSR count). The number of methoxy groups -OCH3 is 1. The molecule has 0 saturated heterocycles. The number of esters is 1. The lowest BCUT2D eigenvalue weighted by atomic mass is 9.95. The highest BCUT2D eigenvalue weighted by atomic mass is 32.1. The lowest BCUT2D eigenvalue weighted by molar-refractivity contribution is -0.139. The van der Waals surface area contributed by atoms with Gasteiger partial charge in [0.25, 0.3) is 5.56 Å². The van der Waals surface area contributed by atoms with Crippen LogP contribution in [0.15, 0.2) is 93.9 Å². The van der Waals surface area contributed by atoms with Gasteiger partial charge in [-0.15, -0.1) is 0 Å². The first-order valence-electron chi connectivity index (χ1n) is 13.2. The number of hydrogen-bond donors (Lipinski definition) is 1.